The summed E-state index contributed by atoms with van der Waals surface area (Å²) in [7, 11) is 1.28. The summed E-state index contributed by atoms with van der Waals surface area (Å²) in [5.41, 5.74) is 14.1. The topological polar surface area (TPSA) is 170 Å². The zero-order valence-electron chi connectivity index (χ0n) is 36.5. The van der Waals surface area contributed by atoms with Crippen molar-refractivity contribution in [1.82, 2.24) is 25.3 Å². The molecule has 4 aromatic carbocycles. The fraction of sp³-hybridized carbons (Fsp3) is 0.354. The number of anilines is 5. The number of fused-ring (bicyclic) bond motifs is 2. The number of piperazine rings is 1. The number of aryl methyl sites for hydroxylation is 3. The molecule has 17 heteroatoms. The van der Waals surface area contributed by atoms with Gasteiger partial charge in [-0.1, -0.05) is 12.1 Å². The van der Waals surface area contributed by atoms with E-state index >= 15 is 0 Å². The second kappa shape index (κ2) is 18.2. The number of nitrogens with two attached hydrogens (primary N) is 1. The summed E-state index contributed by atoms with van der Waals surface area (Å²) in [6.45, 7) is 9.85. The molecule has 0 atom stereocenters. The molecule has 5 N–H and O–H groups in total. The van der Waals surface area contributed by atoms with Gasteiger partial charge >= 0.3 is 6.03 Å². The van der Waals surface area contributed by atoms with E-state index in [4.69, 9.17) is 15.6 Å². The number of benzene rings is 4. The van der Waals surface area contributed by atoms with E-state index in [2.05, 4.69) is 61.0 Å². The molecule has 5 aromatic rings. The number of piperidine rings is 1. The second-order valence-electron chi connectivity index (χ2n) is 17.2. The third-order valence-corrected chi connectivity index (χ3v) is 13.1. The summed E-state index contributed by atoms with van der Waals surface area (Å²) in [4.78, 5) is 58.8. The molecule has 65 heavy (non-hydrogen) atoms. The van der Waals surface area contributed by atoms with E-state index in [-0.39, 0.29) is 35.4 Å². The Labute approximate surface area is 375 Å². The van der Waals surface area contributed by atoms with Gasteiger partial charge in [-0.05, 0) is 103 Å². The highest BCUT2D eigenvalue weighted by Crippen LogP contribution is 2.37. The van der Waals surface area contributed by atoms with Crippen molar-refractivity contribution in [3.63, 3.8) is 0 Å². The number of rotatable bonds is 11. The number of ether oxygens (including phenoxy) is 1. The van der Waals surface area contributed by atoms with Crippen molar-refractivity contribution in [3.05, 3.63) is 112 Å². The molecular weight excluding hydrogens is 835 g/mol. The number of carbonyl (C=O) groups excluding carboxylic acids is 4. The molecule has 5 amide bonds. The van der Waals surface area contributed by atoms with Crippen LogP contribution in [0.15, 0.2) is 72.8 Å². The van der Waals surface area contributed by atoms with Gasteiger partial charge in [0.15, 0.2) is 11.6 Å². The molecule has 5 heterocycles. The summed E-state index contributed by atoms with van der Waals surface area (Å²) in [5.74, 6) is -2.62. The Bertz CT molecular complexity index is 2660. The molecule has 4 aliphatic rings. The van der Waals surface area contributed by atoms with E-state index < -0.39 is 23.4 Å². The van der Waals surface area contributed by atoms with Gasteiger partial charge in [-0.3, -0.25) is 29.5 Å². The molecule has 3 fully saturated rings. The van der Waals surface area contributed by atoms with Gasteiger partial charge in [0.05, 0.1) is 12.7 Å². The quantitative estimate of drug-likeness (QED) is 0.124. The van der Waals surface area contributed by atoms with E-state index in [1.807, 2.05) is 37.3 Å². The van der Waals surface area contributed by atoms with Crippen LogP contribution in [0.25, 0.3) is 11.3 Å². The highest BCUT2D eigenvalue weighted by atomic mass is 19.2. The largest absolute Gasteiger partial charge is 0.496 e. The summed E-state index contributed by atoms with van der Waals surface area (Å²) in [6, 6.07) is 21.3. The minimum atomic E-state index is -1.15. The maximum atomic E-state index is 13.9. The fourth-order valence-corrected chi connectivity index (χ4v) is 9.41. The molecular formula is C48H52F2N10O5. The van der Waals surface area contributed by atoms with Crippen molar-refractivity contribution >= 4 is 52.3 Å². The average molecular weight is 887 g/mol. The molecule has 0 spiro atoms. The molecule has 338 valence electrons. The first-order valence-corrected chi connectivity index (χ1v) is 22.1. The number of carbonyl (C=O) groups is 4. The summed E-state index contributed by atoms with van der Waals surface area (Å²) in [5, 5.41) is 13.5. The fourth-order valence-electron chi connectivity index (χ4n) is 9.41. The smallest absolute Gasteiger partial charge is 0.328 e. The summed E-state index contributed by atoms with van der Waals surface area (Å²) < 4.78 is 34.5. The molecule has 0 saturated carbocycles. The van der Waals surface area contributed by atoms with Crippen LogP contribution in [0, 0.1) is 24.5 Å². The second-order valence-corrected chi connectivity index (χ2v) is 17.2. The number of imide groups is 1. The molecule has 3 saturated heterocycles. The van der Waals surface area contributed by atoms with E-state index in [9.17, 15) is 28.0 Å². The van der Waals surface area contributed by atoms with Crippen molar-refractivity contribution in [2.45, 2.75) is 45.7 Å². The van der Waals surface area contributed by atoms with Gasteiger partial charge in [0, 0.05) is 106 Å². The van der Waals surface area contributed by atoms with Crippen molar-refractivity contribution < 1.29 is 32.7 Å². The number of nitrogens with zero attached hydrogens (tertiary/aromatic N) is 6. The first kappa shape index (κ1) is 43.3. The van der Waals surface area contributed by atoms with Crippen molar-refractivity contribution in [2.24, 2.45) is 11.7 Å². The molecule has 0 radical (unpaired) electrons. The number of halogens is 2. The van der Waals surface area contributed by atoms with Gasteiger partial charge in [0.1, 0.15) is 22.8 Å². The van der Waals surface area contributed by atoms with E-state index in [1.54, 1.807) is 9.58 Å². The van der Waals surface area contributed by atoms with Crippen LogP contribution < -0.4 is 41.1 Å². The van der Waals surface area contributed by atoms with Crippen LogP contribution in [-0.4, -0.2) is 97.9 Å². The van der Waals surface area contributed by atoms with Crippen LogP contribution in [0.4, 0.5) is 42.1 Å². The number of amides is 5. The lowest BCUT2D eigenvalue weighted by atomic mass is 9.95. The number of hydrogen-bond acceptors (Lipinski definition) is 10. The highest BCUT2D eigenvalue weighted by molar-refractivity contribution is 6.06. The Hall–Kier alpha value is -7.01. The lowest BCUT2D eigenvalue weighted by Gasteiger charge is -2.40. The lowest BCUT2D eigenvalue weighted by Crippen LogP contribution is -2.49. The SMILES string of the molecule is COc1cc(F)c(F)cc1C(=O)NCc1ccc(-c2nn3c(c2C(N)=O)Nc2ccc(N4CCN(CC5CCN(c6ccc(N7CCC(=O)NC7=O)cc6)CC5)CC4)cc2CC3)cc1C. The Morgan fingerprint density at radius 2 is 1.52 bits per heavy atom. The van der Waals surface area contributed by atoms with Crippen molar-refractivity contribution in [1.29, 1.82) is 0 Å². The van der Waals surface area contributed by atoms with Crippen LogP contribution in [0.5, 0.6) is 5.75 Å². The normalized spacial score (nSPS) is 16.9. The zero-order chi connectivity index (χ0) is 45.4. The van der Waals surface area contributed by atoms with E-state index in [1.165, 1.54) is 12.8 Å². The van der Waals surface area contributed by atoms with Gasteiger partial charge in [-0.25, -0.2) is 18.3 Å². The highest BCUT2D eigenvalue weighted by Gasteiger charge is 2.29. The Kier molecular flexibility index (Phi) is 12.1. The van der Waals surface area contributed by atoms with Crippen molar-refractivity contribution in [2.75, 3.05) is 79.5 Å². The van der Waals surface area contributed by atoms with Crippen molar-refractivity contribution in [3.8, 4) is 17.0 Å². The van der Waals surface area contributed by atoms with Crippen LogP contribution in [-0.2, 0) is 24.3 Å². The minimum absolute atomic E-state index is 0.0754. The molecule has 0 bridgehead atoms. The maximum absolute atomic E-state index is 13.9. The monoisotopic (exact) mass is 886 g/mol. The molecule has 9 rings (SSSR count). The Morgan fingerprint density at radius 3 is 2.23 bits per heavy atom. The number of aromatic nitrogens is 2. The first-order valence-electron chi connectivity index (χ1n) is 22.1. The number of primary amides is 1. The van der Waals surface area contributed by atoms with Crippen LogP contribution in [0.2, 0.25) is 0 Å². The molecule has 0 aliphatic carbocycles. The zero-order valence-corrected chi connectivity index (χ0v) is 36.5. The van der Waals surface area contributed by atoms with Gasteiger partial charge in [-0.2, -0.15) is 5.10 Å². The van der Waals surface area contributed by atoms with Gasteiger partial charge < -0.3 is 30.9 Å². The molecule has 4 aliphatic heterocycles. The third-order valence-electron chi connectivity index (χ3n) is 13.1. The minimum Gasteiger partial charge on any atom is -0.496 e. The lowest BCUT2D eigenvalue weighted by molar-refractivity contribution is -0.120. The molecule has 1 aromatic heterocycles. The predicted molar refractivity (Wildman–Crippen MR) is 244 cm³/mol. The third kappa shape index (κ3) is 9.05. The average Bonchev–Trinajstić information content (AvgIpc) is 3.57. The van der Waals surface area contributed by atoms with E-state index in [0.717, 1.165) is 105 Å². The number of urea groups is 1. The first-order chi connectivity index (χ1) is 31.4. The number of hydrogen-bond donors (Lipinski definition) is 4. The summed E-state index contributed by atoms with van der Waals surface area (Å²) in [6.07, 6.45) is 3.26. The number of nitrogens with one attached hydrogen (secondary N) is 3. The Morgan fingerprint density at radius 1 is 0.815 bits per heavy atom. The number of methoxy groups -OCH3 is 1. The van der Waals surface area contributed by atoms with E-state index in [0.29, 0.717) is 48.9 Å². The standard InChI is InChI=1S/C48H52F2N10O5/c1-29-23-32(3-4-33(29)27-52-47(63)37-25-38(49)39(50)26-41(37)65-2)44-43(45(51)62)46-53-40-10-9-36(24-31(40)13-18-60(46)55-44)58-21-19-56(20-22-58)28-30-11-15-57(16-12-30)34-5-7-35(8-6-34)59-17-14-42(61)54-48(59)64/h3-10,23-26,30,53H,11-22,27-28H2,1-2H3,(H2,51,62)(H,52,63)(H,54,61,64). The van der Waals surface area contributed by atoms with Gasteiger partial charge in [0.25, 0.3) is 11.8 Å². The molecule has 15 nitrogen and oxygen atoms in total. The maximum Gasteiger partial charge on any atom is 0.328 e. The van der Waals surface area contributed by atoms with Gasteiger partial charge in [-0.15, -0.1) is 0 Å². The Balaban J connectivity index is 0.784. The van der Waals surface area contributed by atoms with Crippen LogP contribution in [0.3, 0.4) is 0 Å². The summed E-state index contributed by atoms with van der Waals surface area (Å²) >= 11 is 0. The van der Waals surface area contributed by atoms with Crippen LogP contribution >= 0.6 is 0 Å². The van der Waals surface area contributed by atoms with Gasteiger partial charge in [0.2, 0.25) is 5.91 Å². The predicted octanol–water partition coefficient (Wildman–Crippen LogP) is 5.96. The molecule has 0 unspecified atom stereocenters. The van der Waals surface area contributed by atoms with Crippen LogP contribution in [0.1, 0.15) is 56.7 Å².